The lowest BCUT2D eigenvalue weighted by Gasteiger charge is -2.20. The summed E-state index contributed by atoms with van der Waals surface area (Å²) in [4.78, 5) is 18.5. The van der Waals surface area contributed by atoms with Gasteiger partial charge < -0.3 is 0 Å². The maximum atomic E-state index is 5.39. The average Bonchev–Trinajstić information content (AvgIpc) is 3.89. The third kappa shape index (κ3) is 4.37. The number of hydrogen-bond acceptors (Lipinski definition) is 5. The van der Waals surface area contributed by atoms with Crippen LogP contribution in [0.3, 0.4) is 0 Å². The molecule has 11 aromatic rings. The molecule has 0 aliphatic carbocycles. The van der Waals surface area contributed by atoms with Gasteiger partial charge in [0, 0.05) is 57.2 Å². The highest BCUT2D eigenvalue weighted by atomic mass is 32.2. The molecule has 0 N–H and O–H groups in total. The summed E-state index contributed by atoms with van der Waals surface area (Å²) in [5.41, 5.74) is 8.61. The Morgan fingerprint density at radius 3 is 2.00 bits per heavy atom. The first-order chi connectivity index (χ1) is 26.8. The van der Waals surface area contributed by atoms with E-state index < -0.39 is 0 Å². The van der Waals surface area contributed by atoms with E-state index in [0.717, 1.165) is 39.1 Å². The van der Waals surface area contributed by atoms with Crippen molar-refractivity contribution in [2.75, 3.05) is 0 Å². The minimum absolute atomic E-state index is 0.581. The Kier molecular flexibility index (Phi) is 6.37. The molecule has 7 heteroatoms. The summed E-state index contributed by atoms with van der Waals surface area (Å²) in [6.45, 7) is 0. The molecule has 0 spiro atoms. The van der Waals surface area contributed by atoms with Gasteiger partial charge in [0.1, 0.15) is 5.65 Å². The Balaban J connectivity index is 1.18. The largest absolute Gasteiger partial charge is 0.293 e. The van der Waals surface area contributed by atoms with Crippen LogP contribution in [-0.2, 0) is 0 Å². The van der Waals surface area contributed by atoms with Crippen molar-refractivity contribution in [1.82, 2.24) is 24.1 Å². The zero-order chi connectivity index (χ0) is 35.3. The van der Waals surface area contributed by atoms with Crippen LogP contribution in [0.15, 0.2) is 174 Å². The second-order valence-corrected chi connectivity index (χ2v) is 15.8. The van der Waals surface area contributed by atoms with E-state index in [-0.39, 0.29) is 0 Å². The number of benzene rings is 7. The van der Waals surface area contributed by atoms with Crippen LogP contribution in [-0.4, -0.2) is 24.1 Å². The second kappa shape index (κ2) is 11.5. The zero-order valence-corrected chi connectivity index (χ0v) is 30.3. The van der Waals surface area contributed by atoms with E-state index in [2.05, 4.69) is 167 Å². The molecule has 54 heavy (non-hydrogen) atoms. The molecule has 5 nitrogen and oxygen atoms in total. The Morgan fingerprint density at radius 2 is 1.09 bits per heavy atom. The molecule has 0 atom stereocenters. The van der Waals surface area contributed by atoms with E-state index in [0.29, 0.717) is 17.6 Å². The Bertz CT molecular complexity index is 3320. The molecule has 7 aromatic carbocycles. The van der Waals surface area contributed by atoms with Crippen molar-refractivity contribution in [3.8, 4) is 45.5 Å². The fourth-order valence-electron chi connectivity index (χ4n) is 8.19. The van der Waals surface area contributed by atoms with Gasteiger partial charge in [-0.1, -0.05) is 121 Å². The van der Waals surface area contributed by atoms with Crippen LogP contribution in [0.1, 0.15) is 0 Å². The van der Waals surface area contributed by atoms with Crippen molar-refractivity contribution in [2.45, 2.75) is 9.79 Å². The third-order valence-corrected chi connectivity index (χ3v) is 12.8. The fourth-order valence-corrected chi connectivity index (χ4v) is 10.4. The van der Waals surface area contributed by atoms with Crippen molar-refractivity contribution >= 4 is 76.1 Å². The van der Waals surface area contributed by atoms with Gasteiger partial charge in [0.05, 0.1) is 16.7 Å². The predicted molar refractivity (Wildman–Crippen MR) is 224 cm³/mol. The first kappa shape index (κ1) is 30.0. The number of nitrogens with zero attached hydrogens (tertiary/aromatic N) is 5. The maximum absolute atomic E-state index is 5.39. The third-order valence-electron chi connectivity index (χ3n) is 10.6. The van der Waals surface area contributed by atoms with Crippen LogP contribution in [0.2, 0.25) is 0 Å². The summed E-state index contributed by atoms with van der Waals surface area (Å²) in [6, 6.07) is 58.2. The molecule has 252 valence electrons. The molecule has 12 rings (SSSR count). The Hall–Kier alpha value is -6.54. The van der Waals surface area contributed by atoms with E-state index >= 15 is 0 Å². The second-order valence-electron chi connectivity index (χ2n) is 13.6. The molecule has 4 aromatic heterocycles. The molecule has 1 aliphatic heterocycles. The first-order valence-electron chi connectivity index (χ1n) is 17.9. The topological polar surface area (TPSA) is 48.5 Å². The molecule has 5 heterocycles. The van der Waals surface area contributed by atoms with Crippen molar-refractivity contribution < 1.29 is 0 Å². The summed E-state index contributed by atoms with van der Waals surface area (Å²) >= 11 is 3.65. The Labute approximate surface area is 317 Å². The molecule has 1 aliphatic rings. The molecule has 0 fully saturated rings. The molecular weight excluding hydrogens is 699 g/mol. The lowest BCUT2D eigenvalue weighted by molar-refractivity contribution is 0.927. The molecule has 0 bridgehead atoms. The number of thiophene rings is 1. The van der Waals surface area contributed by atoms with Crippen LogP contribution in [0.5, 0.6) is 0 Å². The van der Waals surface area contributed by atoms with E-state index in [1.165, 1.54) is 51.6 Å². The number of rotatable bonds is 4. The molecule has 0 saturated carbocycles. The highest BCUT2D eigenvalue weighted by Crippen LogP contribution is 2.49. The average molecular weight is 726 g/mol. The van der Waals surface area contributed by atoms with E-state index in [1.807, 2.05) is 29.2 Å². The first-order valence-corrected chi connectivity index (χ1v) is 19.6. The van der Waals surface area contributed by atoms with Gasteiger partial charge in [-0.3, -0.25) is 9.13 Å². The van der Waals surface area contributed by atoms with E-state index in [9.17, 15) is 0 Å². The van der Waals surface area contributed by atoms with Crippen LogP contribution in [0.25, 0.3) is 98.5 Å². The van der Waals surface area contributed by atoms with Gasteiger partial charge in [-0.25, -0.2) is 4.98 Å². The summed E-state index contributed by atoms with van der Waals surface area (Å²) in [5, 5.41) is 6.03. The highest BCUT2D eigenvalue weighted by molar-refractivity contribution is 7.99. The van der Waals surface area contributed by atoms with Crippen LogP contribution < -0.4 is 0 Å². The standard InChI is InChI=1S/C47H27N5S2/c1-2-12-28(13-3-1)29-14-10-15-30(26-29)44-48-45(31-24-25-39-35(27-31)32-16-5-8-21-38(32)53-39)50-47(49-44)52-36-19-6-4-17-33(36)42-34-18-11-23-41-43(34)51(46(42)52)37-20-7-9-22-40(37)54-41/h1-27H. The number of aromatic nitrogens is 5. The number of para-hydroxylation sites is 3. The molecule has 0 amide bonds. The normalized spacial score (nSPS) is 12.4. The highest BCUT2D eigenvalue weighted by Gasteiger charge is 2.29. The smallest absolute Gasteiger partial charge is 0.239 e. The van der Waals surface area contributed by atoms with E-state index in [4.69, 9.17) is 15.0 Å². The molecule has 0 saturated heterocycles. The number of fused-ring (bicyclic) bond motifs is 10. The number of hydrogen-bond donors (Lipinski definition) is 0. The Morgan fingerprint density at radius 1 is 0.426 bits per heavy atom. The van der Waals surface area contributed by atoms with Gasteiger partial charge >= 0.3 is 0 Å². The zero-order valence-electron chi connectivity index (χ0n) is 28.6. The predicted octanol–water partition coefficient (Wildman–Crippen LogP) is 12.7. The van der Waals surface area contributed by atoms with Crippen molar-refractivity contribution in [2.24, 2.45) is 0 Å². The van der Waals surface area contributed by atoms with Crippen LogP contribution in [0, 0.1) is 0 Å². The van der Waals surface area contributed by atoms with E-state index in [1.54, 1.807) is 0 Å². The lowest BCUT2D eigenvalue weighted by atomic mass is 10.0. The minimum atomic E-state index is 0.581. The van der Waals surface area contributed by atoms with Crippen molar-refractivity contribution in [1.29, 1.82) is 0 Å². The quantitative estimate of drug-likeness (QED) is 0.181. The lowest BCUT2D eigenvalue weighted by Crippen LogP contribution is -2.10. The van der Waals surface area contributed by atoms with Crippen LogP contribution >= 0.6 is 23.1 Å². The van der Waals surface area contributed by atoms with Gasteiger partial charge in [0.25, 0.3) is 0 Å². The van der Waals surface area contributed by atoms with Crippen LogP contribution in [0.4, 0.5) is 0 Å². The molecule has 0 unspecified atom stereocenters. The summed E-state index contributed by atoms with van der Waals surface area (Å²) in [7, 11) is 0. The summed E-state index contributed by atoms with van der Waals surface area (Å²) in [6.07, 6.45) is 0. The molecule has 0 radical (unpaired) electrons. The summed E-state index contributed by atoms with van der Waals surface area (Å²) in [5.74, 6) is 1.84. The monoisotopic (exact) mass is 725 g/mol. The van der Waals surface area contributed by atoms with Gasteiger partial charge in [0.2, 0.25) is 5.95 Å². The minimum Gasteiger partial charge on any atom is -0.293 e. The van der Waals surface area contributed by atoms with Gasteiger partial charge in [-0.15, -0.1) is 11.3 Å². The summed E-state index contributed by atoms with van der Waals surface area (Å²) < 4.78 is 7.20. The van der Waals surface area contributed by atoms with Crippen molar-refractivity contribution in [3.63, 3.8) is 0 Å². The van der Waals surface area contributed by atoms with Gasteiger partial charge in [0.15, 0.2) is 11.6 Å². The van der Waals surface area contributed by atoms with Crippen molar-refractivity contribution in [3.05, 3.63) is 164 Å². The van der Waals surface area contributed by atoms with Gasteiger partial charge in [-0.05, 0) is 65.7 Å². The molecular formula is C47H27N5S2. The fraction of sp³-hybridized carbons (Fsp3) is 0. The maximum Gasteiger partial charge on any atom is 0.239 e. The SMILES string of the molecule is c1ccc(-c2cccc(-c3nc(-c4ccc5sc6ccccc6c5c4)nc(-n4c5ccccc5c5c6cccc7c6n(c54)-c4ccccc4S7)n3)c2)cc1. The van der Waals surface area contributed by atoms with Gasteiger partial charge in [-0.2, -0.15) is 9.97 Å².